The Labute approximate surface area is 119 Å². The van der Waals surface area contributed by atoms with Gasteiger partial charge < -0.3 is 10.4 Å². The van der Waals surface area contributed by atoms with E-state index in [-0.39, 0.29) is 5.54 Å². The number of fused-ring (bicyclic) bond motifs is 3. The van der Waals surface area contributed by atoms with Crippen molar-refractivity contribution in [2.75, 3.05) is 5.32 Å². The molecule has 2 aliphatic carbocycles. The average Bonchev–Trinajstić information content (AvgIpc) is 3.01. The van der Waals surface area contributed by atoms with Crippen molar-refractivity contribution < 1.29 is 5.11 Å². The molecule has 0 spiro atoms. The summed E-state index contributed by atoms with van der Waals surface area (Å²) in [6.45, 7) is 0. The normalized spacial score (nSPS) is 33.2. The summed E-state index contributed by atoms with van der Waals surface area (Å²) in [6, 6.07) is 3.91. The Morgan fingerprint density at radius 2 is 2.05 bits per heavy atom. The number of nitrogens with one attached hydrogen (secondary N) is 1. The molecule has 2 heterocycles. The minimum Gasteiger partial charge on any atom is -0.390 e. The smallest absolute Gasteiger partial charge is 0.154 e. The lowest BCUT2D eigenvalue weighted by Crippen LogP contribution is -2.33. The molecule has 2 fully saturated rings. The van der Waals surface area contributed by atoms with Crippen LogP contribution in [-0.2, 0) is 0 Å². The summed E-state index contributed by atoms with van der Waals surface area (Å²) in [5.41, 5.74) is 0.416. The Kier molecular flexibility index (Phi) is 2.27. The lowest BCUT2D eigenvalue weighted by atomic mass is 9.93. The summed E-state index contributed by atoms with van der Waals surface area (Å²) in [4.78, 5) is 4.23. The van der Waals surface area contributed by atoms with Crippen LogP contribution in [0.1, 0.15) is 32.1 Å². The first-order chi connectivity index (χ1) is 9.08. The fourth-order valence-electron chi connectivity index (χ4n) is 3.53. The highest BCUT2D eigenvalue weighted by atomic mass is 79.9. The van der Waals surface area contributed by atoms with E-state index in [1.807, 2.05) is 12.1 Å². The maximum Gasteiger partial charge on any atom is 0.154 e. The molecular formula is C13H15BrN4O. The van der Waals surface area contributed by atoms with Crippen LogP contribution in [0.25, 0.3) is 5.65 Å². The van der Waals surface area contributed by atoms with Gasteiger partial charge >= 0.3 is 0 Å². The van der Waals surface area contributed by atoms with Gasteiger partial charge in [0.25, 0.3) is 0 Å². The zero-order valence-corrected chi connectivity index (χ0v) is 12.0. The maximum atomic E-state index is 10.3. The van der Waals surface area contributed by atoms with Crippen molar-refractivity contribution in [3.05, 3.63) is 22.9 Å². The lowest BCUT2D eigenvalue weighted by molar-refractivity contribution is 0.0521. The van der Waals surface area contributed by atoms with Gasteiger partial charge in [0.05, 0.1) is 11.8 Å². The first-order valence-electron chi connectivity index (χ1n) is 6.59. The minimum absolute atomic E-state index is 0.0302. The molecule has 0 aliphatic heterocycles. The summed E-state index contributed by atoms with van der Waals surface area (Å²) in [7, 11) is 0. The van der Waals surface area contributed by atoms with Crippen molar-refractivity contribution in [1.82, 2.24) is 14.6 Å². The molecule has 6 heteroatoms. The van der Waals surface area contributed by atoms with E-state index in [1.165, 1.54) is 0 Å². The number of rotatable bonds is 2. The number of nitrogens with zero attached hydrogens (tertiary/aromatic N) is 3. The number of anilines is 1. The predicted molar refractivity (Wildman–Crippen MR) is 75.1 cm³/mol. The van der Waals surface area contributed by atoms with Crippen molar-refractivity contribution >= 4 is 27.4 Å². The summed E-state index contributed by atoms with van der Waals surface area (Å²) in [6.07, 6.45) is 6.43. The van der Waals surface area contributed by atoms with Crippen LogP contribution < -0.4 is 5.32 Å². The largest absolute Gasteiger partial charge is 0.390 e. The number of aromatic nitrogens is 3. The third-order valence-electron chi connectivity index (χ3n) is 4.52. The average molecular weight is 323 g/mol. The zero-order chi connectivity index (χ0) is 13.1. The molecule has 0 atom stereocenters. The third kappa shape index (κ3) is 1.77. The van der Waals surface area contributed by atoms with Gasteiger partial charge in [0.15, 0.2) is 5.65 Å². The second-order valence-corrected chi connectivity index (χ2v) is 6.69. The molecule has 100 valence electrons. The Morgan fingerprint density at radius 3 is 2.74 bits per heavy atom. The molecule has 2 aliphatic rings. The monoisotopic (exact) mass is 322 g/mol. The fraction of sp³-hybridized carbons (Fsp3) is 0.538. The molecule has 5 nitrogen and oxygen atoms in total. The molecule has 2 aromatic rings. The molecule has 2 saturated carbocycles. The van der Waals surface area contributed by atoms with Gasteiger partial charge in [-0.1, -0.05) is 0 Å². The van der Waals surface area contributed by atoms with Gasteiger partial charge in [-0.25, -0.2) is 9.50 Å². The van der Waals surface area contributed by atoms with E-state index in [2.05, 4.69) is 31.3 Å². The summed E-state index contributed by atoms with van der Waals surface area (Å²) < 4.78 is 2.62. The summed E-state index contributed by atoms with van der Waals surface area (Å²) in [5.74, 6) is 0.845. The Morgan fingerprint density at radius 1 is 1.26 bits per heavy atom. The molecule has 0 unspecified atom stereocenters. The van der Waals surface area contributed by atoms with Crippen molar-refractivity contribution in [2.45, 2.75) is 43.2 Å². The van der Waals surface area contributed by atoms with Crippen LogP contribution in [-0.4, -0.2) is 30.8 Å². The van der Waals surface area contributed by atoms with Gasteiger partial charge in [-0.2, -0.15) is 0 Å². The standard InChI is InChI=1S/C13H15BrN4O/c14-9-7-15-11-2-1-10(17-18(9)11)16-12-3-5-13(19,8-12)6-4-12/h1-2,7,19H,3-6,8H2,(H,16,17). The van der Waals surface area contributed by atoms with Crippen molar-refractivity contribution in [3.63, 3.8) is 0 Å². The predicted octanol–water partition coefficient (Wildman–Crippen LogP) is 2.35. The topological polar surface area (TPSA) is 62.5 Å². The molecule has 2 N–H and O–H groups in total. The van der Waals surface area contributed by atoms with Crippen molar-refractivity contribution in [2.24, 2.45) is 0 Å². The zero-order valence-electron chi connectivity index (χ0n) is 10.4. The maximum absolute atomic E-state index is 10.3. The first kappa shape index (κ1) is 11.7. The van der Waals surface area contributed by atoms with E-state index < -0.39 is 5.60 Å². The van der Waals surface area contributed by atoms with E-state index in [0.717, 1.165) is 48.2 Å². The second-order valence-electron chi connectivity index (χ2n) is 5.88. The summed E-state index contributed by atoms with van der Waals surface area (Å²) >= 11 is 3.43. The van der Waals surface area contributed by atoms with E-state index in [9.17, 15) is 5.11 Å². The van der Waals surface area contributed by atoms with Crippen LogP contribution in [0.5, 0.6) is 0 Å². The van der Waals surface area contributed by atoms with Crippen LogP contribution in [0.15, 0.2) is 22.9 Å². The molecule has 2 bridgehead atoms. The molecule has 2 aromatic heterocycles. The van der Waals surface area contributed by atoms with Crippen LogP contribution in [0.2, 0.25) is 0 Å². The van der Waals surface area contributed by atoms with Crippen LogP contribution in [0, 0.1) is 0 Å². The molecule has 0 amide bonds. The van der Waals surface area contributed by atoms with Gasteiger partial charge in [-0.15, -0.1) is 5.10 Å². The number of halogens is 1. The summed E-state index contributed by atoms with van der Waals surface area (Å²) in [5, 5.41) is 18.4. The number of hydrogen-bond donors (Lipinski definition) is 2. The quantitative estimate of drug-likeness (QED) is 0.891. The van der Waals surface area contributed by atoms with Gasteiger partial charge in [0.1, 0.15) is 10.4 Å². The molecule has 0 saturated heterocycles. The van der Waals surface area contributed by atoms with Gasteiger partial charge in [-0.3, -0.25) is 0 Å². The number of imidazole rings is 1. The van der Waals surface area contributed by atoms with Crippen molar-refractivity contribution in [1.29, 1.82) is 0 Å². The molecule has 4 rings (SSSR count). The number of hydrogen-bond acceptors (Lipinski definition) is 4. The van der Waals surface area contributed by atoms with Gasteiger partial charge in [-0.05, 0) is 60.2 Å². The van der Waals surface area contributed by atoms with Crippen LogP contribution in [0.3, 0.4) is 0 Å². The van der Waals surface area contributed by atoms with Crippen LogP contribution in [0.4, 0.5) is 5.82 Å². The van der Waals surface area contributed by atoms with E-state index >= 15 is 0 Å². The highest BCUT2D eigenvalue weighted by molar-refractivity contribution is 9.10. The van der Waals surface area contributed by atoms with Crippen molar-refractivity contribution in [3.8, 4) is 0 Å². The van der Waals surface area contributed by atoms with E-state index in [4.69, 9.17) is 0 Å². The minimum atomic E-state index is -0.438. The third-order valence-corrected chi connectivity index (χ3v) is 5.06. The van der Waals surface area contributed by atoms with Gasteiger partial charge in [0.2, 0.25) is 0 Å². The molecule has 0 radical (unpaired) electrons. The van der Waals surface area contributed by atoms with Gasteiger partial charge in [0, 0.05) is 5.54 Å². The Bertz CT molecular complexity index is 645. The Balaban J connectivity index is 1.67. The number of aliphatic hydroxyl groups is 1. The highest BCUT2D eigenvalue weighted by Crippen LogP contribution is 2.51. The molecule has 19 heavy (non-hydrogen) atoms. The SMILES string of the molecule is OC12CCC(Nc3ccc4ncc(Br)n4n3)(CC1)C2. The van der Waals surface area contributed by atoms with E-state index in [1.54, 1.807) is 10.7 Å². The fourth-order valence-corrected chi connectivity index (χ4v) is 3.89. The second kappa shape index (κ2) is 3.70. The lowest BCUT2D eigenvalue weighted by Gasteiger charge is -2.28. The molecular weight excluding hydrogens is 308 g/mol. The van der Waals surface area contributed by atoms with Crippen LogP contribution >= 0.6 is 15.9 Å². The Hall–Kier alpha value is -1.14. The van der Waals surface area contributed by atoms with E-state index in [0.29, 0.717) is 0 Å². The highest BCUT2D eigenvalue weighted by Gasteiger charge is 2.53. The molecule has 0 aromatic carbocycles. The first-order valence-corrected chi connectivity index (χ1v) is 7.38.